The van der Waals surface area contributed by atoms with E-state index >= 15 is 0 Å². The number of rotatable bonds is 4. The predicted octanol–water partition coefficient (Wildman–Crippen LogP) is 12.4. The Labute approximate surface area is 291 Å². The van der Waals surface area contributed by atoms with Gasteiger partial charge in [0.1, 0.15) is 28.1 Å². The second kappa shape index (κ2) is 10.8. The Morgan fingerprint density at radius 2 is 1.06 bits per heavy atom. The Balaban J connectivity index is 1.22. The lowest BCUT2D eigenvalue weighted by Crippen LogP contribution is -2.02. The molecule has 0 radical (unpaired) electrons. The molecule has 0 aliphatic carbocycles. The first-order valence-electron chi connectivity index (χ1n) is 17.1. The third kappa shape index (κ3) is 4.28. The van der Waals surface area contributed by atoms with E-state index in [-0.39, 0.29) is 0 Å². The van der Waals surface area contributed by atoms with Crippen molar-refractivity contribution < 1.29 is 8.83 Å². The van der Waals surface area contributed by atoms with Crippen molar-refractivity contribution in [1.82, 2.24) is 14.5 Å². The molecule has 5 heteroatoms. The molecule has 0 amide bonds. The van der Waals surface area contributed by atoms with Crippen molar-refractivity contribution in [3.63, 3.8) is 0 Å². The molecule has 0 unspecified atom stereocenters. The minimum atomic E-state index is 0.633. The summed E-state index contributed by atoms with van der Waals surface area (Å²) in [6, 6.07) is 56.6. The van der Waals surface area contributed by atoms with E-state index in [1.807, 2.05) is 36.4 Å². The van der Waals surface area contributed by atoms with Crippen LogP contribution < -0.4 is 0 Å². The molecule has 4 aromatic heterocycles. The highest BCUT2D eigenvalue weighted by Crippen LogP contribution is 2.40. The van der Waals surface area contributed by atoms with Crippen molar-refractivity contribution in [2.75, 3.05) is 0 Å². The number of benzene rings is 7. The highest BCUT2D eigenvalue weighted by atomic mass is 16.3. The maximum atomic E-state index is 6.53. The zero-order valence-electron chi connectivity index (χ0n) is 27.2. The van der Waals surface area contributed by atoms with Crippen LogP contribution in [0.1, 0.15) is 0 Å². The molecular formula is C46H27N3O2. The predicted molar refractivity (Wildman–Crippen MR) is 207 cm³/mol. The van der Waals surface area contributed by atoms with Crippen LogP contribution in [0, 0.1) is 0 Å². The number of para-hydroxylation sites is 4. The minimum absolute atomic E-state index is 0.633. The molecule has 11 rings (SSSR count). The maximum Gasteiger partial charge on any atom is 0.162 e. The summed E-state index contributed by atoms with van der Waals surface area (Å²) in [7, 11) is 0. The van der Waals surface area contributed by atoms with E-state index < -0.39 is 0 Å². The van der Waals surface area contributed by atoms with Crippen LogP contribution in [-0.2, 0) is 0 Å². The van der Waals surface area contributed by atoms with Crippen LogP contribution in [0.3, 0.4) is 0 Å². The molecule has 0 spiro atoms. The van der Waals surface area contributed by atoms with Gasteiger partial charge < -0.3 is 8.83 Å². The molecule has 51 heavy (non-hydrogen) atoms. The van der Waals surface area contributed by atoms with Crippen LogP contribution in [-0.4, -0.2) is 14.5 Å². The second-order valence-corrected chi connectivity index (χ2v) is 13.0. The third-order valence-corrected chi connectivity index (χ3v) is 10.0. The Morgan fingerprint density at radius 3 is 1.92 bits per heavy atom. The Hall–Kier alpha value is -6.98. The monoisotopic (exact) mass is 653 g/mol. The van der Waals surface area contributed by atoms with Gasteiger partial charge in [-0.15, -0.1) is 0 Å². The summed E-state index contributed by atoms with van der Waals surface area (Å²) < 4.78 is 15.1. The zero-order chi connectivity index (χ0) is 33.5. The summed E-state index contributed by atoms with van der Waals surface area (Å²) in [6.45, 7) is 0. The summed E-state index contributed by atoms with van der Waals surface area (Å²) in [4.78, 5) is 10.6. The SMILES string of the molecule is c1ccc(-c2cccc(-c3nc(-c4cccc5c4oc4ccccc45)cc(-n4c5ccccc5c5cc6oc7ccccc7c6cc54)n3)c2)cc1. The van der Waals surface area contributed by atoms with Gasteiger partial charge in [0, 0.05) is 49.5 Å². The molecule has 7 aromatic carbocycles. The van der Waals surface area contributed by atoms with Gasteiger partial charge >= 0.3 is 0 Å². The average molecular weight is 654 g/mol. The lowest BCUT2D eigenvalue weighted by Gasteiger charge is -2.13. The summed E-state index contributed by atoms with van der Waals surface area (Å²) in [5.74, 6) is 1.40. The zero-order valence-corrected chi connectivity index (χ0v) is 27.2. The fourth-order valence-electron chi connectivity index (χ4n) is 7.67. The lowest BCUT2D eigenvalue weighted by atomic mass is 10.0. The van der Waals surface area contributed by atoms with Gasteiger partial charge in [0.2, 0.25) is 0 Å². The highest BCUT2D eigenvalue weighted by Gasteiger charge is 2.21. The van der Waals surface area contributed by atoms with E-state index in [1.165, 1.54) is 0 Å². The van der Waals surface area contributed by atoms with Crippen LogP contribution in [0.5, 0.6) is 0 Å². The van der Waals surface area contributed by atoms with E-state index in [9.17, 15) is 0 Å². The smallest absolute Gasteiger partial charge is 0.162 e. The molecule has 238 valence electrons. The van der Waals surface area contributed by atoms with Gasteiger partial charge in [0.15, 0.2) is 5.82 Å². The van der Waals surface area contributed by atoms with Gasteiger partial charge in [-0.2, -0.15) is 0 Å². The van der Waals surface area contributed by atoms with Gasteiger partial charge in [-0.25, -0.2) is 9.97 Å². The van der Waals surface area contributed by atoms with Crippen molar-refractivity contribution in [1.29, 1.82) is 0 Å². The van der Waals surface area contributed by atoms with Crippen molar-refractivity contribution >= 4 is 65.7 Å². The number of fused-ring (bicyclic) bond motifs is 9. The molecule has 0 saturated carbocycles. The molecular weight excluding hydrogens is 627 g/mol. The molecule has 0 saturated heterocycles. The molecule has 0 fully saturated rings. The Morgan fingerprint density at radius 1 is 0.392 bits per heavy atom. The maximum absolute atomic E-state index is 6.53. The van der Waals surface area contributed by atoms with Crippen LogP contribution in [0.25, 0.3) is 105 Å². The topological polar surface area (TPSA) is 57.0 Å². The molecule has 5 nitrogen and oxygen atoms in total. The van der Waals surface area contributed by atoms with Crippen molar-refractivity contribution in [2.24, 2.45) is 0 Å². The minimum Gasteiger partial charge on any atom is -0.456 e. The van der Waals surface area contributed by atoms with Crippen LogP contribution >= 0.6 is 0 Å². The summed E-state index contributed by atoms with van der Waals surface area (Å²) in [5.41, 5.74) is 10.4. The molecule has 0 atom stereocenters. The molecule has 11 aromatic rings. The number of nitrogens with zero attached hydrogens (tertiary/aromatic N) is 3. The fourth-order valence-corrected chi connectivity index (χ4v) is 7.67. The van der Waals surface area contributed by atoms with Crippen molar-refractivity contribution in [3.05, 3.63) is 164 Å². The number of hydrogen-bond acceptors (Lipinski definition) is 4. The summed E-state index contributed by atoms with van der Waals surface area (Å²) >= 11 is 0. The first kappa shape index (κ1) is 27.9. The largest absolute Gasteiger partial charge is 0.456 e. The standard InChI is InChI=1S/C46H27N3O2/c1-2-12-28(13-3-1)29-14-10-15-30(24-29)46-47-38(35-20-11-19-34-32-17-5-9-23-42(32)51-45(34)35)27-44(48-46)49-39-21-7-4-16-31(39)36-26-43-37(25-40(36)49)33-18-6-8-22-41(33)50-43/h1-27H. The summed E-state index contributed by atoms with van der Waals surface area (Å²) in [5, 5.41) is 6.52. The van der Waals surface area contributed by atoms with Crippen molar-refractivity contribution in [2.45, 2.75) is 0 Å². The normalized spacial score (nSPS) is 11.9. The van der Waals surface area contributed by atoms with Gasteiger partial charge in [-0.05, 0) is 53.6 Å². The Bertz CT molecular complexity index is 3150. The van der Waals surface area contributed by atoms with E-state index in [0.717, 1.165) is 99.4 Å². The van der Waals surface area contributed by atoms with Gasteiger partial charge in [-0.3, -0.25) is 4.57 Å². The molecule has 0 aliphatic heterocycles. The lowest BCUT2D eigenvalue weighted by molar-refractivity contribution is 0.669. The fraction of sp³-hybridized carbons (Fsp3) is 0. The van der Waals surface area contributed by atoms with Gasteiger partial charge in [-0.1, -0.05) is 115 Å². The number of hydrogen-bond donors (Lipinski definition) is 0. The van der Waals surface area contributed by atoms with Gasteiger partial charge in [0.05, 0.1) is 16.7 Å². The third-order valence-electron chi connectivity index (χ3n) is 10.0. The number of aromatic nitrogens is 3. The second-order valence-electron chi connectivity index (χ2n) is 13.0. The van der Waals surface area contributed by atoms with Crippen LogP contribution in [0.4, 0.5) is 0 Å². The van der Waals surface area contributed by atoms with Gasteiger partial charge in [0.25, 0.3) is 0 Å². The molecule has 0 bridgehead atoms. The molecule has 4 heterocycles. The first-order chi connectivity index (χ1) is 25.3. The van der Waals surface area contributed by atoms with E-state index in [1.54, 1.807) is 0 Å². The van der Waals surface area contributed by atoms with E-state index in [0.29, 0.717) is 5.82 Å². The molecule has 0 N–H and O–H groups in total. The number of furan rings is 2. The quantitative estimate of drug-likeness (QED) is 0.190. The Kier molecular flexibility index (Phi) is 5.89. The van der Waals surface area contributed by atoms with Crippen LogP contribution in [0.15, 0.2) is 173 Å². The van der Waals surface area contributed by atoms with Crippen molar-refractivity contribution in [3.8, 4) is 39.6 Å². The van der Waals surface area contributed by atoms with E-state index in [2.05, 4.69) is 132 Å². The van der Waals surface area contributed by atoms with E-state index in [4.69, 9.17) is 18.8 Å². The average Bonchev–Trinajstić information content (AvgIpc) is 3.86. The highest BCUT2D eigenvalue weighted by molar-refractivity contribution is 6.17. The van der Waals surface area contributed by atoms with Crippen LogP contribution in [0.2, 0.25) is 0 Å². The molecule has 0 aliphatic rings. The summed E-state index contributed by atoms with van der Waals surface area (Å²) in [6.07, 6.45) is 0. The first-order valence-corrected chi connectivity index (χ1v) is 17.1.